The van der Waals surface area contributed by atoms with Crippen LogP contribution < -0.4 is 9.46 Å². The average molecular weight is 460 g/mol. The molecule has 0 atom stereocenters. The molecule has 3 rings (SSSR count). The van der Waals surface area contributed by atoms with E-state index in [9.17, 15) is 13.2 Å². The summed E-state index contributed by atoms with van der Waals surface area (Å²) in [7, 11) is -3.76. The lowest BCUT2D eigenvalue weighted by atomic mass is 10.1. The predicted molar refractivity (Wildman–Crippen MR) is 127 cm³/mol. The van der Waals surface area contributed by atoms with Gasteiger partial charge in [0.25, 0.3) is 15.9 Å². The van der Waals surface area contributed by atoms with Crippen LogP contribution in [0.4, 0.5) is 5.69 Å². The molecule has 0 aliphatic carbocycles. The number of benzene rings is 2. The lowest BCUT2D eigenvalue weighted by Gasteiger charge is -2.34. The van der Waals surface area contributed by atoms with Gasteiger partial charge in [0, 0.05) is 43.0 Å². The first-order valence-electron chi connectivity index (χ1n) is 11.0. The van der Waals surface area contributed by atoms with E-state index in [1.807, 2.05) is 11.8 Å². The minimum atomic E-state index is -3.76. The maximum absolute atomic E-state index is 13.0. The number of hydrogen-bond donors (Lipinski definition) is 1. The third-order valence-electron chi connectivity index (χ3n) is 5.56. The van der Waals surface area contributed by atoms with Gasteiger partial charge in [-0.1, -0.05) is 0 Å². The molecule has 1 aliphatic heterocycles. The molecule has 174 valence electrons. The molecule has 0 radical (unpaired) electrons. The van der Waals surface area contributed by atoms with Crippen molar-refractivity contribution in [3.05, 3.63) is 54.1 Å². The van der Waals surface area contributed by atoms with Gasteiger partial charge in [-0.15, -0.1) is 0 Å². The lowest BCUT2D eigenvalue weighted by molar-refractivity contribution is 0.0749. The largest absolute Gasteiger partial charge is 0.494 e. The normalized spacial score (nSPS) is 15.8. The molecule has 32 heavy (non-hydrogen) atoms. The first kappa shape index (κ1) is 24.1. The number of amides is 1. The number of hydrogen-bond acceptors (Lipinski definition) is 5. The summed E-state index contributed by atoms with van der Waals surface area (Å²) in [6, 6.07) is 12.9. The van der Waals surface area contributed by atoms with E-state index in [2.05, 4.69) is 30.4 Å². The van der Waals surface area contributed by atoms with Crippen LogP contribution in [0.1, 0.15) is 44.5 Å². The monoisotopic (exact) mass is 459 g/mol. The lowest BCUT2D eigenvalue weighted by Crippen LogP contribution is -2.44. The Labute approximate surface area is 191 Å². The van der Waals surface area contributed by atoms with E-state index in [1.54, 1.807) is 36.4 Å². The fourth-order valence-corrected chi connectivity index (χ4v) is 4.81. The van der Waals surface area contributed by atoms with Crippen LogP contribution in [0.15, 0.2) is 53.4 Å². The molecule has 8 heteroatoms. The Bertz CT molecular complexity index is 1010. The molecule has 2 aromatic rings. The van der Waals surface area contributed by atoms with Gasteiger partial charge >= 0.3 is 0 Å². The van der Waals surface area contributed by atoms with Gasteiger partial charge in [0.1, 0.15) is 5.75 Å². The smallest absolute Gasteiger partial charge is 0.261 e. The minimum absolute atomic E-state index is 0.0656. The molecule has 0 bridgehead atoms. The minimum Gasteiger partial charge on any atom is -0.494 e. The summed E-state index contributed by atoms with van der Waals surface area (Å²) in [5.74, 6) is 0.613. The molecule has 1 amide bonds. The molecule has 0 aromatic heterocycles. The third kappa shape index (κ3) is 6.01. The van der Waals surface area contributed by atoms with E-state index >= 15 is 0 Å². The van der Waals surface area contributed by atoms with Gasteiger partial charge in [0.2, 0.25) is 0 Å². The Morgan fingerprint density at radius 2 is 1.62 bits per heavy atom. The quantitative estimate of drug-likeness (QED) is 0.710. The van der Waals surface area contributed by atoms with Crippen molar-refractivity contribution in [2.24, 2.45) is 0 Å². The molecule has 2 aromatic carbocycles. The van der Waals surface area contributed by atoms with E-state index in [-0.39, 0.29) is 16.3 Å². The molecule has 1 heterocycles. The van der Waals surface area contributed by atoms with Crippen LogP contribution in [-0.4, -0.2) is 62.4 Å². The van der Waals surface area contributed by atoms with Crippen LogP contribution in [0.3, 0.4) is 0 Å². The second-order valence-corrected chi connectivity index (χ2v) is 10.6. The van der Waals surface area contributed by atoms with Crippen LogP contribution >= 0.6 is 0 Å². The van der Waals surface area contributed by atoms with Gasteiger partial charge < -0.3 is 9.64 Å². The molecule has 1 saturated heterocycles. The van der Waals surface area contributed by atoms with Crippen molar-refractivity contribution >= 4 is 21.6 Å². The zero-order valence-electron chi connectivity index (χ0n) is 19.3. The highest BCUT2D eigenvalue weighted by atomic mass is 32.2. The van der Waals surface area contributed by atoms with Crippen molar-refractivity contribution in [3.63, 3.8) is 0 Å². The van der Waals surface area contributed by atoms with Crippen molar-refractivity contribution in [2.45, 2.75) is 44.6 Å². The summed E-state index contributed by atoms with van der Waals surface area (Å²) >= 11 is 0. The summed E-state index contributed by atoms with van der Waals surface area (Å²) in [6.45, 7) is 12.1. The van der Waals surface area contributed by atoms with Crippen LogP contribution in [-0.2, 0) is 10.0 Å². The van der Waals surface area contributed by atoms with Crippen LogP contribution in [0, 0.1) is 0 Å². The Morgan fingerprint density at radius 3 is 2.22 bits per heavy atom. The predicted octanol–water partition coefficient (Wildman–Crippen LogP) is 3.83. The fraction of sp³-hybridized carbons (Fsp3) is 0.458. The molecule has 1 N–H and O–H groups in total. The van der Waals surface area contributed by atoms with Crippen molar-refractivity contribution in [3.8, 4) is 5.75 Å². The van der Waals surface area contributed by atoms with Crippen LogP contribution in [0.25, 0.3) is 0 Å². The van der Waals surface area contributed by atoms with Crippen molar-refractivity contribution in [1.29, 1.82) is 0 Å². The summed E-state index contributed by atoms with van der Waals surface area (Å²) in [5, 5.41) is 0. The highest BCUT2D eigenvalue weighted by Crippen LogP contribution is 2.21. The van der Waals surface area contributed by atoms with Crippen molar-refractivity contribution in [1.82, 2.24) is 9.80 Å². The van der Waals surface area contributed by atoms with Crippen LogP contribution in [0.5, 0.6) is 5.75 Å². The number of sulfonamides is 1. The number of rotatable bonds is 6. The fourth-order valence-electron chi connectivity index (χ4n) is 3.75. The van der Waals surface area contributed by atoms with E-state index in [0.717, 1.165) is 19.5 Å². The second-order valence-electron chi connectivity index (χ2n) is 8.89. The maximum atomic E-state index is 13.0. The number of anilines is 1. The van der Waals surface area contributed by atoms with E-state index in [4.69, 9.17) is 4.74 Å². The Morgan fingerprint density at radius 1 is 0.969 bits per heavy atom. The number of ether oxygens (including phenoxy) is 1. The zero-order chi connectivity index (χ0) is 23.4. The first-order valence-corrected chi connectivity index (χ1v) is 12.5. The SMILES string of the molecule is CCOc1ccc(NS(=O)(=O)c2ccc(C(=O)N3CCCN(C(C)(C)C)CC3)cc2)cc1. The molecular formula is C24H33N3O4S. The number of nitrogens with zero attached hydrogens (tertiary/aromatic N) is 2. The molecule has 0 saturated carbocycles. The highest BCUT2D eigenvalue weighted by Gasteiger charge is 2.26. The summed E-state index contributed by atoms with van der Waals surface area (Å²) < 4.78 is 33.4. The standard InChI is InChI=1S/C24H33N3O4S/c1-5-31-21-11-9-20(10-12-21)25-32(29,30)22-13-7-19(8-14-22)23(28)26-15-6-16-27(18-17-26)24(2,3)4/h7-14,25H,5-6,15-18H2,1-4H3. The Hall–Kier alpha value is -2.58. The zero-order valence-corrected chi connectivity index (χ0v) is 20.1. The summed E-state index contributed by atoms with van der Waals surface area (Å²) in [4.78, 5) is 17.3. The van der Waals surface area contributed by atoms with Gasteiger partial charge in [-0.3, -0.25) is 14.4 Å². The first-order chi connectivity index (χ1) is 15.1. The molecular weight excluding hydrogens is 426 g/mol. The molecule has 0 unspecified atom stereocenters. The van der Waals surface area contributed by atoms with Crippen molar-refractivity contribution in [2.75, 3.05) is 37.5 Å². The molecule has 1 fully saturated rings. The van der Waals surface area contributed by atoms with Gasteiger partial charge in [-0.05, 0) is 82.6 Å². The van der Waals surface area contributed by atoms with Gasteiger partial charge in [-0.25, -0.2) is 8.42 Å². The van der Waals surface area contributed by atoms with E-state index < -0.39 is 10.0 Å². The second kappa shape index (κ2) is 9.92. The van der Waals surface area contributed by atoms with Gasteiger partial charge in [0.05, 0.1) is 11.5 Å². The van der Waals surface area contributed by atoms with Gasteiger partial charge in [-0.2, -0.15) is 0 Å². The third-order valence-corrected chi connectivity index (χ3v) is 6.96. The topological polar surface area (TPSA) is 78.9 Å². The molecule has 1 aliphatic rings. The number of carbonyl (C=O) groups is 1. The number of carbonyl (C=O) groups excluding carboxylic acids is 1. The maximum Gasteiger partial charge on any atom is 0.261 e. The van der Waals surface area contributed by atoms with E-state index in [0.29, 0.717) is 36.7 Å². The number of nitrogens with one attached hydrogen (secondary N) is 1. The summed E-state index contributed by atoms with van der Waals surface area (Å²) in [5.41, 5.74) is 1.02. The molecule has 7 nitrogen and oxygen atoms in total. The molecule has 0 spiro atoms. The van der Waals surface area contributed by atoms with Gasteiger partial charge in [0.15, 0.2) is 0 Å². The highest BCUT2D eigenvalue weighted by molar-refractivity contribution is 7.92. The van der Waals surface area contributed by atoms with Crippen LogP contribution in [0.2, 0.25) is 0 Å². The summed E-state index contributed by atoms with van der Waals surface area (Å²) in [6.07, 6.45) is 0.918. The van der Waals surface area contributed by atoms with Crippen molar-refractivity contribution < 1.29 is 17.9 Å². The Kier molecular flexibility index (Phi) is 7.46. The van der Waals surface area contributed by atoms with E-state index in [1.165, 1.54) is 12.1 Å². The average Bonchev–Trinajstić information content (AvgIpc) is 3.01. The Balaban J connectivity index is 1.66.